The third-order valence-corrected chi connectivity index (χ3v) is 4.99. The Labute approximate surface area is 120 Å². The predicted octanol–water partition coefficient (Wildman–Crippen LogP) is 3.34. The van der Waals surface area contributed by atoms with Crippen LogP contribution in [0, 0.1) is 11.7 Å². The fourth-order valence-electron chi connectivity index (χ4n) is 3.94. The molecule has 1 N–H and O–H groups in total. The highest BCUT2D eigenvalue weighted by Gasteiger charge is 2.36. The van der Waals surface area contributed by atoms with Gasteiger partial charge in [-0.15, -0.1) is 0 Å². The quantitative estimate of drug-likeness (QED) is 0.916. The summed E-state index contributed by atoms with van der Waals surface area (Å²) in [6, 6.07) is 7.35. The van der Waals surface area contributed by atoms with Gasteiger partial charge in [0.2, 0.25) is 0 Å². The Kier molecular flexibility index (Phi) is 4.37. The van der Waals surface area contributed by atoms with Crippen LogP contribution in [-0.4, -0.2) is 28.7 Å². The largest absolute Gasteiger partial charge is 0.393 e. The molecule has 1 saturated heterocycles. The van der Waals surface area contributed by atoms with E-state index >= 15 is 0 Å². The molecule has 1 aromatic rings. The molecule has 1 aromatic carbocycles. The maximum Gasteiger partial charge on any atom is 0.123 e. The first-order valence-electron chi connectivity index (χ1n) is 7.90. The molecule has 3 heteroatoms. The molecule has 110 valence electrons. The highest BCUT2D eigenvalue weighted by molar-refractivity contribution is 5.16. The summed E-state index contributed by atoms with van der Waals surface area (Å²) in [6.45, 7) is 1.99. The first-order chi connectivity index (χ1) is 9.74. The van der Waals surface area contributed by atoms with Crippen LogP contribution in [0.15, 0.2) is 24.3 Å². The maximum atomic E-state index is 13.0. The lowest BCUT2D eigenvalue weighted by atomic mass is 9.87. The van der Waals surface area contributed by atoms with Crippen LogP contribution in [0.1, 0.15) is 44.1 Å². The predicted molar refractivity (Wildman–Crippen MR) is 77.8 cm³/mol. The molecule has 2 aliphatic rings. The molecule has 2 fully saturated rings. The molecule has 0 bridgehead atoms. The number of nitrogens with zero attached hydrogens (tertiary/aromatic N) is 1. The molecular weight excluding hydrogens is 253 g/mol. The Bertz CT molecular complexity index is 433. The summed E-state index contributed by atoms with van der Waals surface area (Å²) in [5.74, 6) is 0.269. The third kappa shape index (κ3) is 3.04. The van der Waals surface area contributed by atoms with E-state index in [4.69, 9.17) is 0 Å². The SMILES string of the molecule is OC1CCCC1C1CCCCN1Cc1ccc(F)cc1. The molecule has 1 saturated carbocycles. The van der Waals surface area contributed by atoms with Gasteiger partial charge < -0.3 is 5.11 Å². The van der Waals surface area contributed by atoms with Crippen LogP contribution in [0.5, 0.6) is 0 Å². The minimum absolute atomic E-state index is 0.117. The summed E-state index contributed by atoms with van der Waals surface area (Å²) in [7, 11) is 0. The van der Waals surface area contributed by atoms with Crippen molar-refractivity contribution in [3.05, 3.63) is 35.6 Å². The molecule has 3 atom stereocenters. The van der Waals surface area contributed by atoms with Crippen molar-refractivity contribution >= 4 is 0 Å². The first kappa shape index (κ1) is 14.0. The van der Waals surface area contributed by atoms with Crippen LogP contribution in [-0.2, 0) is 6.54 Å². The van der Waals surface area contributed by atoms with Gasteiger partial charge in [0.15, 0.2) is 0 Å². The van der Waals surface area contributed by atoms with Gasteiger partial charge in [0.05, 0.1) is 6.10 Å². The molecule has 1 aliphatic carbocycles. The molecular formula is C17H24FNO. The summed E-state index contributed by atoms with van der Waals surface area (Å²) < 4.78 is 13.0. The van der Waals surface area contributed by atoms with Gasteiger partial charge in [-0.3, -0.25) is 4.90 Å². The summed E-state index contributed by atoms with van der Waals surface area (Å²) >= 11 is 0. The lowest BCUT2D eigenvalue weighted by Gasteiger charge is -2.40. The van der Waals surface area contributed by atoms with E-state index in [-0.39, 0.29) is 11.9 Å². The van der Waals surface area contributed by atoms with Gasteiger partial charge >= 0.3 is 0 Å². The molecule has 20 heavy (non-hydrogen) atoms. The van der Waals surface area contributed by atoms with Crippen molar-refractivity contribution < 1.29 is 9.50 Å². The van der Waals surface area contributed by atoms with E-state index < -0.39 is 0 Å². The highest BCUT2D eigenvalue weighted by atomic mass is 19.1. The fraction of sp³-hybridized carbons (Fsp3) is 0.647. The molecule has 0 amide bonds. The molecule has 0 spiro atoms. The summed E-state index contributed by atoms with van der Waals surface area (Å²) in [6.07, 6.45) is 6.87. The lowest BCUT2D eigenvalue weighted by molar-refractivity contribution is 0.0313. The van der Waals surface area contributed by atoms with Crippen LogP contribution in [0.25, 0.3) is 0 Å². The smallest absolute Gasteiger partial charge is 0.123 e. The van der Waals surface area contributed by atoms with Crippen molar-refractivity contribution in [3.63, 3.8) is 0 Å². The molecule has 3 unspecified atom stereocenters. The number of hydrogen-bond donors (Lipinski definition) is 1. The number of likely N-dealkylation sites (tertiary alicyclic amines) is 1. The van der Waals surface area contributed by atoms with Gasteiger partial charge in [-0.1, -0.05) is 25.0 Å². The maximum absolute atomic E-state index is 13.0. The van der Waals surface area contributed by atoms with E-state index in [0.29, 0.717) is 12.0 Å². The van der Waals surface area contributed by atoms with Crippen molar-refractivity contribution in [2.75, 3.05) is 6.54 Å². The molecule has 0 radical (unpaired) electrons. The monoisotopic (exact) mass is 277 g/mol. The zero-order valence-electron chi connectivity index (χ0n) is 12.0. The number of halogens is 1. The molecule has 1 aliphatic heterocycles. The van der Waals surface area contributed by atoms with Crippen LogP contribution >= 0.6 is 0 Å². The first-order valence-corrected chi connectivity index (χ1v) is 7.90. The number of hydrogen-bond acceptors (Lipinski definition) is 2. The minimum Gasteiger partial charge on any atom is -0.393 e. The molecule has 0 aromatic heterocycles. The third-order valence-electron chi connectivity index (χ3n) is 4.99. The van der Waals surface area contributed by atoms with E-state index in [1.807, 2.05) is 12.1 Å². The Morgan fingerprint density at radius 3 is 2.55 bits per heavy atom. The van der Waals surface area contributed by atoms with Gasteiger partial charge in [-0.25, -0.2) is 4.39 Å². The van der Waals surface area contributed by atoms with Crippen molar-refractivity contribution in [1.29, 1.82) is 0 Å². The second-order valence-corrected chi connectivity index (χ2v) is 6.32. The standard InChI is InChI=1S/C17H24FNO/c18-14-9-7-13(8-10-14)12-19-11-2-1-5-16(19)15-4-3-6-17(15)20/h7-10,15-17,20H,1-6,11-12H2. The summed E-state index contributed by atoms with van der Waals surface area (Å²) in [5, 5.41) is 10.2. The van der Waals surface area contributed by atoms with Crippen LogP contribution in [0.4, 0.5) is 4.39 Å². The normalized spacial score (nSPS) is 31.6. The van der Waals surface area contributed by atoms with Crippen LogP contribution < -0.4 is 0 Å². The average molecular weight is 277 g/mol. The van der Waals surface area contributed by atoms with Crippen molar-refractivity contribution in [3.8, 4) is 0 Å². The minimum atomic E-state index is -0.171. The van der Waals surface area contributed by atoms with Crippen molar-refractivity contribution in [2.24, 2.45) is 5.92 Å². The topological polar surface area (TPSA) is 23.5 Å². The Morgan fingerprint density at radius 2 is 1.85 bits per heavy atom. The zero-order chi connectivity index (χ0) is 13.9. The zero-order valence-corrected chi connectivity index (χ0v) is 12.0. The number of rotatable bonds is 3. The molecule has 2 nitrogen and oxygen atoms in total. The van der Waals surface area contributed by atoms with Gasteiger partial charge in [0, 0.05) is 18.5 Å². The summed E-state index contributed by atoms with van der Waals surface area (Å²) in [4.78, 5) is 2.51. The van der Waals surface area contributed by atoms with Crippen LogP contribution in [0.3, 0.4) is 0 Å². The number of piperidine rings is 1. The van der Waals surface area contributed by atoms with Gasteiger partial charge in [-0.05, 0) is 49.9 Å². The second-order valence-electron chi connectivity index (χ2n) is 6.32. The van der Waals surface area contributed by atoms with Crippen molar-refractivity contribution in [1.82, 2.24) is 4.90 Å². The fourth-order valence-corrected chi connectivity index (χ4v) is 3.94. The molecule has 3 rings (SSSR count). The highest BCUT2D eigenvalue weighted by Crippen LogP contribution is 2.35. The Hall–Kier alpha value is -0.930. The van der Waals surface area contributed by atoms with Gasteiger partial charge in [0.1, 0.15) is 5.82 Å². The number of aliphatic hydroxyl groups excluding tert-OH is 1. The van der Waals surface area contributed by atoms with E-state index in [0.717, 1.165) is 32.4 Å². The lowest BCUT2D eigenvalue weighted by Crippen LogP contribution is -2.45. The van der Waals surface area contributed by atoms with E-state index in [1.54, 1.807) is 12.1 Å². The Morgan fingerprint density at radius 1 is 1.05 bits per heavy atom. The number of aliphatic hydroxyl groups is 1. The van der Waals surface area contributed by atoms with E-state index in [9.17, 15) is 9.50 Å². The van der Waals surface area contributed by atoms with E-state index in [2.05, 4.69) is 4.90 Å². The van der Waals surface area contributed by atoms with Crippen molar-refractivity contribution in [2.45, 2.75) is 57.2 Å². The second kappa shape index (κ2) is 6.23. The Balaban J connectivity index is 1.70. The molecule has 1 heterocycles. The summed E-state index contributed by atoms with van der Waals surface area (Å²) in [5.41, 5.74) is 1.17. The van der Waals surface area contributed by atoms with Gasteiger partial charge in [0.25, 0.3) is 0 Å². The van der Waals surface area contributed by atoms with Gasteiger partial charge in [-0.2, -0.15) is 0 Å². The number of benzene rings is 1. The van der Waals surface area contributed by atoms with E-state index in [1.165, 1.54) is 24.8 Å². The average Bonchev–Trinajstić information content (AvgIpc) is 2.88. The van der Waals surface area contributed by atoms with Crippen LogP contribution in [0.2, 0.25) is 0 Å².